The summed E-state index contributed by atoms with van der Waals surface area (Å²) < 4.78 is 26.4. The highest BCUT2D eigenvalue weighted by atomic mass is 32.3. The van der Waals surface area contributed by atoms with Gasteiger partial charge in [0.25, 0.3) is 5.69 Å². The maximum atomic E-state index is 11.7. The highest BCUT2D eigenvalue weighted by Crippen LogP contribution is 2.51. The van der Waals surface area contributed by atoms with Gasteiger partial charge in [-0.25, -0.2) is 4.79 Å². The third kappa shape index (κ3) is 3.01. The smallest absolute Gasteiger partial charge is 0.338 e. The molecule has 1 aromatic rings. The molecule has 22 heavy (non-hydrogen) atoms. The van der Waals surface area contributed by atoms with Crippen LogP contribution >= 0.6 is 10.8 Å². The monoisotopic (exact) mass is 330 g/mol. The van der Waals surface area contributed by atoms with E-state index < -0.39 is 21.7 Å². The lowest BCUT2D eigenvalue weighted by molar-refractivity contribution is -0.385. The van der Waals surface area contributed by atoms with Crippen LogP contribution in [0.15, 0.2) is 12.1 Å². The van der Waals surface area contributed by atoms with Gasteiger partial charge in [-0.15, -0.1) is 10.8 Å². The Morgan fingerprint density at radius 3 is 2.64 bits per heavy atom. The van der Waals surface area contributed by atoms with Crippen LogP contribution in [0.3, 0.4) is 0 Å². The molecule has 1 aliphatic rings. The first-order chi connectivity index (χ1) is 10.3. The molecule has 9 heteroatoms. The van der Waals surface area contributed by atoms with Crippen LogP contribution in [0.25, 0.3) is 0 Å². The number of hydrogen-bond acceptors (Lipinski definition) is 7. The van der Waals surface area contributed by atoms with Crippen molar-refractivity contribution in [1.82, 2.24) is 0 Å². The quantitative estimate of drug-likeness (QED) is 0.497. The third-order valence-electron chi connectivity index (χ3n) is 3.62. The van der Waals surface area contributed by atoms with Gasteiger partial charge in [0.05, 0.1) is 34.6 Å². The SMILES string of the molecule is COC(=O)c1cc(N2CCCCS2(O)O)c(C)c([N+](=O)[O-])c1. The van der Waals surface area contributed by atoms with Gasteiger partial charge in [0, 0.05) is 12.6 Å². The molecule has 0 amide bonds. The molecule has 1 aromatic carbocycles. The highest BCUT2D eigenvalue weighted by Gasteiger charge is 2.31. The predicted molar refractivity (Wildman–Crippen MR) is 83.5 cm³/mol. The maximum Gasteiger partial charge on any atom is 0.338 e. The summed E-state index contributed by atoms with van der Waals surface area (Å²) in [6.07, 6.45) is 1.42. The molecule has 1 aliphatic heterocycles. The van der Waals surface area contributed by atoms with Crippen LogP contribution in [0.1, 0.15) is 28.8 Å². The molecule has 1 heterocycles. The normalized spacial score (nSPS) is 18.6. The summed E-state index contributed by atoms with van der Waals surface area (Å²) in [4.78, 5) is 22.3. The fourth-order valence-electron chi connectivity index (χ4n) is 2.45. The number of hydrogen-bond donors (Lipinski definition) is 2. The molecule has 0 radical (unpaired) electrons. The Morgan fingerprint density at radius 1 is 1.41 bits per heavy atom. The second kappa shape index (κ2) is 6.11. The largest absolute Gasteiger partial charge is 0.465 e. The van der Waals surface area contributed by atoms with Crippen LogP contribution in [-0.2, 0) is 4.74 Å². The summed E-state index contributed by atoms with van der Waals surface area (Å²) in [7, 11) is -1.85. The Morgan fingerprint density at radius 2 is 2.09 bits per heavy atom. The number of rotatable bonds is 3. The number of nitro benzene ring substituents is 1. The van der Waals surface area contributed by atoms with Crippen molar-refractivity contribution in [2.45, 2.75) is 19.8 Å². The van der Waals surface area contributed by atoms with Crippen molar-refractivity contribution < 1.29 is 23.6 Å². The molecule has 1 fully saturated rings. The van der Waals surface area contributed by atoms with Crippen molar-refractivity contribution in [2.24, 2.45) is 0 Å². The Labute approximate surface area is 129 Å². The second-order valence-corrected chi connectivity index (χ2v) is 7.15. The summed E-state index contributed by atoms with van der Waals surface area (Å²) in [6, 6.07) is 2.55. The standard InChI is InChI=1S/C13H18N2O6S/c1-9-11(14-5-3-4-6-22(14,19)20)7-10(13(16)21-2)8-12(9)15(17)18/h7-8,19-20H,3-6H2,1-2H3. The molecule has 0 aliphatic carbocycles. The lowest BCUT2D eigenvalue weighted by atomic mass is 10.1. The van der Waals surface area contributed by atoms with E-state index >= 15 is 0 Å². The van der Waals surface area contributed by atoms with Gasteiger partial charge < -0.3 is 4.74 Å². The number of methoxy groups -OCH3 is 1. The minimum absolute atomic E-state index is 0.00979. The van der Waals surface area contributed by atoms with Crippen LogP contribution in [0.4, 0.5) is 11.4 Å². The number of anilines is 1. The van der Waals surface area contributed by atoms with E-state index in [1.54, 1.807) is 0 Å². The topological polar surface area (TPSA) is 113 Å². The number of esters is 1. The number of benzene rings is 1. The molecule has 2 N–H and O–H groups in total. The van der Waals surface area contributed by atoms with Crippen molar-refractivity contribution in [1.29, 1.82) is 0 Å². The number of carbonyl (C=O) groups excluding carboxylic acids is 1. The van der Waals surface area contributed by atoms with Crippen molar-refractivity contribution in [2.75, 3.05) is 23.7 Å². The number of nitrogens with zero attached hydrogens (tertiary/aromatic N) is 2. The van der Waals surface area contributed by atoms with Crippen LogP contribution in [0.5, 0.6) is 0 Å². The van der Waals surface area contributed by atoms with Crippen LogP contribution in [0, 0.1) is 17.0 Å². The minimum Gasteiger partial charge on any atom is -0.465 e. The Bertz CT molecular complexity index is 619. The molecule has 0 unspecified atom stereocenters. The molecule has 122 valence electrons. The average Bonchev–Trinajstić information content (AvgIpc) is 2.46. The molecule has 0 aromatic heterocycles. The van der Waals surface area contributed by atoms with Gasteiger partial charge in [0.15, 0.2) is 0 Å². The van der Waals surface area contributed by atoms with Gasteiger partial charge >= 0.3 is 5.97 Å². The second-order valence-electron chi connectivity index (χ2n) is 5.03. The number of nitro groups is 1. The summed E-state index contributed by atoms with van der Waals surface area (Å²) in [5.41, 5.74) is 0.336. The minimum atomic E-state index is -3.03. The molecule has 0 spiro atoms. The van der Waals surface area contributed by atoms with Gasteiger partial charge in [-0.3, -0.25) is 23.5 Å². The summed E-state index contributed by atoms with van der Waals surface area (Å²) >= 11 is 0. The summed E-state index contributed by atoms with van der Waals surface area (Å²) in [6.45, 7) is 1.89. The fourth-order valence-corrected chi connectivity index (χ4v) is 4.19. The Kier molecular flexibility index (Phi) is 4.59. The molecule has 8 nitrogen and oxygen atoms in total. The zero-order valence-corrected chi connectivity index (χ0v) is 13.1. The van der Waals surface area contributed by atoms with E-state index in [-0.39, 0.29) is 22.7 Å². The van der Waals surface area contributed by atoms with Crippen molar-refractivity contribution in [3.63, 3.8) is 0 Å². The van der Waals surface area contributed by atoms with Crippen molar-refractivity contribution in [3.8, 4) is 0 Å². The van der Waals surface area contributed by atoms with Gasteiger partial charge in [0.1, 0.15) is 0 Å². The van der Waals surface area contributed by atoms with E-state index in [0.717, 1.165) is 12.5 Å². The van der Waals surface area contributed by atoms with Gasteiger partial charge in [-0.2, -0.15) is 0 Å². The average molecular weight is 330 g/mol. The van der Waals surface area contributed by atoms with Crippen LogP contribution in [-0.4, -0.2) is 39.4 Å². The van der Waals surface area contributed by atoms with Gasteiger partial charge in [-0.1, -0.05) is 0 Å². The molecule has 2 rings (SSSR count). The first kappa shape index (κ1) is 16.5. The molecule has 1 saturated heterocycles. The molecular weight excluding hydrogens is 312 g/mol. The van der Waals surface area contributed by atoms with E-state index in [1.165, 1.54) is 24.4 Å². The first-order valence-corrected chi connectivity index (χ1v) is 8.36. The van der Waals surface area contributed by atoms with E-state index in [9.17, 15) is 24.0 Å². The molecule has 0 saturated carbocycles. The highest BCUT2D eigenvalue weighted by molar-refractivity contribution is 8.25. The summed E-state index contributed by atoms with van der Waals surface area (Å²) in [5.74, 6) is -0.499. The Balaban J connectivity index is 2.60. The zero-order chi connectivity index (χ0) is 16.5. The zero-order valence-electron chi connectivity index (χ0n) is 12.3. The van der Waals surface area contributed by atoms with Crippen LogP contribution in [0.2, 0.25) is 0 Å². The fraction of sp³-hybridized carbons (Fsp3) is 0.462. The van der Waals surface area contributed by atoms with E-state index in [0.29, 0.717) is 18.5 Å². The van der Waals surface area contributed by atoms with E-state index in [4.69, 9.17) is 0 Å². The lowest BCUT2D eigenvalue weighted by Gasteiger charge is -2.47. The predicted octanol–water partition coefficient (Wildman–Crippen LogP) is 2.96. The lowest BCUT2D eigenvalue weighted by Crippen LogP contribution is -2.35. The van der Waals surface area contributed by atoms with Gasteiger partial charge in [-0.05, 0) is 25.8 Å². The van der Waals surface area contributed by atoms with E-state index in [1.807, 2.05) is 0 Å². The summed E-state index contributed by atoms with van der Waals surface area (Å²) in [5, 5.41) is 11.2. The van der Waals surface area contributed by atoms with Crippen LogP contribution < -0.4 is 4.31 Å². The molecule has 0 atom stereocenters. The third-order valence-corrected chi connectivity index (χ3v) is 5.54. The Hall–Kier alpha value is -1.84. The van der Waals surface area contributed by atoms with Gasteiger partial charge in [0.2, 0.25) is 0 Å². The van der Waals surface area contributed by atoms with Crippen molar-refractivity contribution >= 4 is 28.1 Å². The molecule has 0 bridgehead atoms. The number of carbonyl (C=O) groups is 1. The van der Waals surface area contributed by atoms with Crippen molar-refractivity contribution in [3.05, 3.63) is 33.4 Å². The first-order valence-electron chi connectivity index (χ1n) is 6.69. The van der Waals surface area contributed by atoms with E-state index in [2.05, 4.69) is 4.74 Å². The molecular formula is C13H18N2O6S. The number of ether oxygens (including phenoxy) is 1. The maximum absolute atomic E-state index is 11.7.